The molecule has 0 aromatic carbocycles. The summed E-state index contributed by atoms with van der Waals surface area (Å²) in [5.74, 6) is 0. The summed E-state index contributed by atoms with van der Waals surface area (Å²) < 4.78 is 103. The quantitative estimate of drug-likeness (QED) is 0.290. The third-order valence-electron chi connectivity index (χ3n) is 0. The maximum absolute atomic E-state index is 8.59. The molecule has 12 nitrogen and oxygen atoms in total. The van der Waals surface area contributed by atoms with E-state index in [-0.39, 0.29) is 177 Å². The summed E-state index contributed by atoms with van der Waals surface area (Å²) in [5, 5.41) is 0. The fourth-order valence-electron chi connectivity index (χ4n) is 0. The van der Waals surface area contributed by atoms with E-state index >= 15 is 0 Å². The Morgan fingerprint density at radius 1 is 0.333 bits per heavy atom. The Labute approximate surface area is 259 Å². The SMILES string of the molecule is [Na+].[Na+].[Na+].[Na+].[Na+].[Na+].[O]=[Cr](=[O])([O-])[O-].[O]=[Cr](=[O])([O-])[O-].[O]=[Cr](=[O])([O-])[O-]. The number of rotatable bonds is 0. The van der Waals surface area contributed by atoms with E-state index in [9.17, 15) is 0 Å². The van der Waals surface area contributed by atoms with Crippen molar-refractivity contribution in [3.05, 3.63) is 0 Å². The van der Waals surface area contributed by atoms with Crippen LogP contribution < -0.4 is 202 Å². The molecule has 0 aromatic heterocycles. The van der Waals surface area contributed by atoms with Crippen LogP contribution in [0, 0.1) is 0 Å². The van der Waals surface area contributed by atoms with Crippen LogP contribution in [-0.4, -0.2) is 0 Å². The molecule has 0 N–H and O–H groups in total. The molecular weight excluding hydrogens is 486 g/mol. The molecule has 0 radical (unpaired) electrons. The van der Waals surface area contributed by atoms with Crippen molar-refractivity contribution in [2.24, 2.45) is 0 Å². The fraction of sp³-hybridized carbons (Fsp3) is 0. The van der Waals surface area contributed by atoms with Gasteiger partial charge in [-0.1, -0.05) is 0 Å². The zero-order valence-corrected chi connectivity index (χ0v) is 27.9. The first-order valence-electron chi connectivity index (χ1n) is 2.00. The molecule has 0 aliphatic rings. The molecule has 96 valence electrons. The van der Waals surface area contributed by atoms with Crippen LogP contribution in [0.4, 0.5) is 0 Å². The van der Waals surface area contributed by atoms with E-state index in [1.165, 1.54) is 0 Å². The average Bonchev–Trinajstić information content (AvgIpc) is 1.41. The zero-order chi connectivity index (χ0) is 13.5. The molecule has 0 fully saturated rings. The first kappa shape index (κ1) is 56.4. The van der Waals surface area contributed by atoms with Crippen molar-refractivity contribution in [3.63, 3.8) is 0 Å². The van der Waals surface area contributed by atoms with Crippen LogP contribution in [0.2, 0.25) is 0 Å². The van der Waals surface area contributed by atoms with Gasteiger partial charge in [-0.15, -0.1) is 0 Å². The summed E-state index contributed by atoms with van der Waals surface area (Å²) in [6.07, 6.45) is 0. The van der Waals surface area contributed by atoms with Gasteiger partial charge in [0.25, 0.3) is 0 Å². The summed E-state index contributed by atoms with van der Waals surface area (Å²) in [6, 6.07) is 0. The average molecular weight is 486 g/mol. The van der Waals surface area contributed by atoms with Crippen molar-refractivity contribution in [1.82, 2.24) is 0 Å². The van der Waals surface area contributed by atoms with Crippen LogP contribution in [0.3, 0.4) is 0 Å². The predicted octanol–water partition coefficient (Wildman–Crippen LogP) is -25.8. The van der Waals surface area contributed by atoms with E-state index in [1.807, 2.05) is 0 Å². The molecule has 0 atom stereocenters. The Bertz CT molecular complexity index is 350. The Hall–Kier alpha value is 6.16. The molecule has 21 heavy (non-hydrogen) atoms. The second-order valence-electron chi connectivity index (χ2n) is 1.22. The van der Waals surface area contributed by atoms with Gasteiger partial charge < -0.3 is 0 Å². The molecule has 0 saturated heterocycles. The fourth-order valence-corrected chi connectivity index (χ4v) is 0. The normalized spacial score (nSPS) is 8.29. The first-order valence-corrected chi connectivity index (χ1v) is 8.25. The van der Waals surface area contributed by atoms with Gasteiger partial charge in [-0.3, -0.25) is 0 Å². The number of hydrogen-bond acceptors (Lipinski definition) is 12. The predicted molar refractivity (Wildman–Crippen MR) is 4.12 cm³/mol. The summed E-state index contributed by atoms with van der Waals surface area (Å²) >= 11 is -17.2. The molecule has 21 heteroatoms. The maximum atomic E-state index is 8.59. The third kappa shape index (κ3) is 403. The summed E-state index contributed by atoms with van der Waals surface area (Å²) in [4.78, 5) is 0. The van der Waals surface area contributed by atoms with Crippen molar-refractivity contribution < 1.29 is 266 Å². The zero-order valence-electron chi connectivity index (χ0n) is 12.1. The summed E-state index contributed by atoms with van der Waals surface area (Å²) in [6.45, 7) is 0. The van der Waals surface area contributed by atoms with Gasteiger partial charge in [-0.05, 0) is 0 Å². The second-order valence-corrected chi connectivity index (χ2v) is 5.05. The molecular formula is Cr3Na6O12. The Kier molecular flexibility index (Phi) is 76.1. The molecule has 0 rings (SSSR count). The van der Waals surface area contributed by atoms with Crippen LogP contribution >= 0.6 is 0 Å². The Balaban J connectivity index is -0.0000000129. The van der Waals surface area contributed by atoms with Gasteiger partial charge in [0, 0.05) is 0 Å². The molecule has 0 aliphatic heterocycles. The van der Waals surface area contributed by atoms with Gasteiger partial charge in [0.1, 0.15) is 0 Å². The molecule has 0 saturated carbocycles. The third-order valence-corrected chi connectivity index (χ3v) is 0. The van der Waals surface area contributed by atoms with Gasteiger partial charge in [-0.2, -0.15) is 0 Å². The van der Waals surface area contributed by atoms with E-state index in [4.69, 9.17) is 47.8 Å². The van der Waals surface area contributed by atoms with Gasteiger partial charge >= 0.3 is 266 Å². The van der Waals surface area contributed by atoms with E-state index in [0.717, 1.165) is 0 Å². The standard InChI is InChI=1S/3Cr.6Na.12O/q;;;6*+1;;;;;;;6*-1. The van der Waals surface area contributed by atoms with Crippen LogP contribution in [-0.2, 0) is 63.7 Å². The van der Waals surface area contributed by atoms with Crippen molar-refractivity contribution >= 4 is 0 Å². The first-order chi connectivity index (χ1) is 6.00. The van der Waals surface area contributed by atoms with E-state index in [0.29, 0.717) is 0 Å². The van der Waals surface area contributed by atoms with Crippen LogP contribution in [0.25, 0.3) is 0 Å². The van der Waals surface area contributed by atoms with E-state index in [2.05, 4.69) is 0 Å². The van der Waals surface area contributed by atoms with Crippen molar-refractivity contribution in [3.8, 4) is 0 Å². The number of hydrogen-bond donors (Lipinski definition) is 0. The van der Waals surface area contributed by atoms with Crippen LogP contribution in [0.1, 0.15) is 0 Å². The van der Waals surface area contributed by atoms with Crippen LogP contribution in [0.5, 0.6) is 0 Å². The molecule has 0 aromatic rings. The van der Waals surface area contributed by atoms with Gasteiger partial charge in [0.2, 0.25) is 0 Å². The monoisotopic (exact) mass is 486 g/mol. The minimum atomic E-state index is -5.75. The topological polar surface area (TPSA) is 241 Å². The molecule has 0 aliphatic carbocycles. The van der Waals surface area contributed by atoms with Gasteiger partial charge in [0.15, 0.2) is 0 Å². The molecule has 0 unspecified atom stereocenters. The Morgan fingerprint density at radius 2 is 0.333 bits per heavy atom. The molecule has 0 bridgehead atoms. The van der Waals surface area contributed by atoms with Crippen LogP contribution in [0.15, 0.2) is 0 Å². The molecule has 0 spiro atoms. The minimum absolute atomic E-state index is 0. The molecule has 0 heterocycles. The summed E-state index contributed by atoms with van der Waals surface area (Å²) in [7, 11) is 0. The van der Waals surface area contributed by atoms with E-state index < -0.39 is 40.8 Å². The summed E-state index contributed by atoms with van der Waals surface area (Å²) in [5.41, 5.74) is 0. The van der Waals surface area contributed by atoms with Gasteiger partial charge in [-0.25, -0.2) is 0 Å². The second kappa shape index (κ2) is 28.4. The molecule has 0 amide bonds. The van der Waals surface area contributed by atoms with Gasteiger partial charge in [0.05, 0.1) is 0 Å². The van der Waals surface area contributed by atoms with Crippen molar-refractivity contribution in [2.45, 2.75) is 0 Å². The van der Waals surface area contributed by atoms with E-state index in [1.54, 1.807) is 0 Å². The Morgan fingerprint density at radius 3 is 0.333 bits per heavy atom. The van der Waals surface area contributed by atoms with Crippen molar-refractivity contribution in [2.75, 3.05) is 0 Å². The van der Waals surface area contributed by atoms with Crippen molar-refractivity contribution in [1.29, 1.82) is 0 Å².